The molecule has 1 aliphatic rings. The molecule has 0 aromatic rings. The second-order valence-electron chi connectivity index (χ2n) is 4.10. The van der Waals surface area contributed by atoms with Gasteiger partial charge in [-0.1, -0.05) is 13.8 Å². The Morgan fingerprint density at radius 2 is 1.50 bits per heavy atom. The van der Waals surface area contributed by atoms with E-state index in [1.807, 2.05) is 34.0 Å². The molecule has 3 nitrogen and oxygen atoms in total. The van der Waals surface area contributed by atoms with Crippen LogP contribution in [0.2, 0.25) is 0 Å². The Labute approximate surface area is 105 Å². The van der Waals surface area contributed by atoms with E-state index in [1.54, 1.807) is 0 Å². The number of amides is 2. The van der Waals surface area contributed by atoms with Crippen molar-refractivity contribution in [1.29, 1.82) is 0 Å². The van der Waals surface area contributed by atoms with Crippen LogP contribution in [-0.4, -0.2) is 34.3 Å². The highest BCUT2D eigenvalue weighted by atomic mass is 32.2. The van der Waals surface area contributed by atoms with Crippen molar-refractivity contribution in [2.75, 3.05) is 6.26 Å². The molecule has 90 valence electrons. The van der Waals surface area contributed by atoms with Gasteiger partial charge in [0, 0.05) is 11.3 Å². The fraction of sp³-hybridized carbons (Fsp3) is 0.636. The molecule has 0 saturated heterocycles. The first kappa shape index (κ1) is 13.6. The van der Waals surface area contributed by atoms with Gasteiger partial charge in [-0.3, -0.25) is 14.5 Å². The van der Waals surface area contributed by atoms with Crippen LogP contribution in [-0.2, 0) is 9.59 Å². The monoisotopic (exact) mass is 259 g/mol. The predicted molar refractivity (Wildman–Crippen MR) is 70.3 cm³/mol. The summed E-state index contributed by atoms with van der Waals surface area (Å²) in [6.07, 6.45) is 1.84. The molecule has 5 heteroatoms. The molecule has 16 heavy (non-hydrogen) atoms. The van der Waals surface area contributed by atoms with E-state index in [4.69, 9.17) is 0 Å². The van der Waals surface area contributed by atoms with Crippen molar-refractivity contribution in [2.24, 2.45) is 0 Å². The fourth-order valence-corrected chi connectivity index (χ4v) is 3.30. The molecule has 0 N–H and O–H groups in total. The van der Waals surface area contributed by atoms with E-state index >= 15 is 0 Å². The van der Waals surface area contributed by atoms with E-state index in [1.165, 1.54) is 28.4 Å². The van der Waals surface area contributed by atoms with E-state index in [0.29, 0.717) is 15.1 Å². The SMILES string of the molecule is CSC1=C(SC(C)C)C(=O)N(C(C)C)C1=O. The Balaban J connectivity index is 3.06. The third-order valence-corrected chi connectivity index (χ3v) is 4.11. The minimum absolute atomic E-state index is 0.0765. The summed E-state index contributed by atoms with van der Waals surface area (Å²) in [6, 6.07) is -0.0765. The van der Waals surface area contributed by atoms with Crippen LogP contribution in [0.4, 0.5) is 0 Å². The van der Waals surface area contributed by atoms with Crippen LogP contribution in [0.15, 0.2) is 9.81 Å². The van der Waals surface area contributed by atoms with Gasteiger partial charge in [-0.2, -0.15) is 0 Å². The van der Waals surface area contributed by atoms with Crippen LogP contribution < -0.4 is 0 Å². The maximum atomic E-state index is 12.1. The molecular weight excluding hydrogens is 242 g/mol. The molecule has 0 atom stereocenters. The quantitative estimate of drug-likeness (QED) is 0.727. The minimum atomic E-state index is -0.143. The first-order chi connectivity index (χ1) is 7.40. The summed E-state index contributed by atoms with van der Waals surface area (Å²) in [6.45, 7) is 7.75. The molecule has 0 aromatic heterocycles. The Bertz CT molecular complexity index is 348. The summed E-state index contributed by atoms with van der Waals surface area (Å²) in [4.78, 5) is 26.6. The van der Waals surface area contributed by atoms with Gasteiger partial charge in [0.2, 0.25) is 0 Å². The minimum Gasteiger partial charge on any atom is -0.271 e. The van der Waals surface area contributed by atoms with E-state index in [-0.39, 0.29) is 17.9 Å². The molecule has 0 unspecified atom stereocenters. The molecule has 2 amide bonds. The summed E-state index contributed by atoms with van der Waals surface area (Å²) in [5, 5.41) is 0.306. The maximum Gasteiger partial charge on any atom is 0.268 e. The highest BCUT2D eigenvalue weighted by molar-refractivity contribution is 8.08. The van der Waals surface area contributed by atoms with Crippen molar-refractivity contribution in [3.05, 3.63) is 9.81 Å². The third-order valence-electron chi connectivity index (χ3n) is 2.11. The summed E-state index contributed by atoms with van der Waals surface area (Å²) >= 11 is 2.84. The number of thioether (sulfide) groups is 2. The zero-order chi connectivity index (χ0) is 12.5. The van der Waals surface area contributed by atoms with Crippen molar-refractivity contribution in [2.45, 2.75) is 39.0 Å². The molecule has 0 saturated carbocycles. The molecule has 0 aromatic carbocycles. The van der Waals surface area contributed by atoms with Crippen LogP contribution in [0.3, 0.4) is 0 Å². The van der Waals surface area contributed by atoms with Crippen molar-refractivity contribution in [3.63, 3.8) is 0 Å². The first-order valence-electron chi connectivity index (χ1n) is 5.23. The molecule has 0 fully saturated rings. The molecule has 1 aliphatic heterocycles. The van der Waals surface area contributed by atoms with Gasteiger partial charge in [0.15, 0.2) is 0 Å². The van der Waals surface area contributed by atoms with Gasteiger partial charge < -0.3 is 0 Å². The van der Waals surface area contributed by atoms with Crippen LogP contribution in [0.1, 0.15) is 27.7 Å². The van der Waals surface area contributed by atoms with Gasteiger partial charge >= 0.3 is 0 Å². The molecule has 0 aliphatic carbocycles. The number of carbonyl (C=O) groups excluding carboxylic acids is 2. The molecule has 0 radical (unpaired) electrons. The fourth-order valence-electron chi connectivity index (χ4n) is 1.49. The van der Waals surface area contributed by atoms with E-state index in [2.05, 4.69) is 0 Å². The normalized spacial score (nSPS) is 17.3. The standard InChI is InChI=1S/C11H17NO2S2/c1-6(2)12-10(13)8(15-5)9(11(12)14)16-7(3)4/h6-7H,1-5H3. The molecule has 0 spiro atoms. The summed E-state index contributed by atoms with van der Waals surface area (Å²) < 4.78 is 0. The van der Waals surface area contributed by atoms with Crippen molar-refractivity contribution >= 4 is 35.3 Å². The Morgan fingerprint density at radius 1 is 1.00 bits per heavy atom. The van der Waals surface area contributed by atoms with E-state index in [9.17, 15) is 9.59 Å². The van der Waals surface area contributed by atoms with Crippen molar-refractivity contribution in [3.8, 4) is 0 Å². The molecule has 1 rings (SSSR count). The van der Waals surface area contributed by atoms with Crippen LogP contribution in [0.25, 0.3) is 0 Å². The largest absolute Gasteiger partial charge is 0.271 e. The smallest absolute Gasteiger partial charge is 0.268 e. The summed E-state index contributed by atoms with van der Waals surface area (Å²) in [5.74, 6) is -0.279. The second kappa shape index (κ2) is 5.27. The highest BCUT2D eigenvalue weighted by Gasteiger charge is 2.39. The average molecular weight is 259 g/mol. The first-order valence-corrected chi connectivity index (χ1v) is 7.33. The third kappa shape index (κ3) is 2.46. The van der Waals surface area contributed by atoms with Gasteiger partial charge in [0.05, 0.1) is 9.81 Å². The number of hydrogen-bond donors (Lipinski definition) is 0. The van der Waals surface area contributed by atoms with Gasteiger partial charge in [0.25, 0.3) is 11.8 Å². The molecular formula is C11H17NO2S2. The van der Waals surface area contributed by atoms with Crippen LogP contribution >= 0.6 is 23.5 Å². The van der Waals surface area contributed by atoms with Gasteiger partial charge in [-0.15, -0.1) is 23.5 Å². The zero-order valence-corrected chi connectivity index (χ0v) is 11.9. The Hall–Kier alpha value is -0.420. The number of carbonyl (C=O) groups is 2. The number of rotatable bonds is 4. The Kier molecular flexibility index (Phi) is 4.50. The van der Waals surface area contributed by atoms with Crippen LogP contribution in [0.5, 0.6) is 0 Å². The molecule has 0 bridgehead atoms. The maximum absolute atomic E-state index is 12.1. The van der Waals surface area contributed by atoms with Crippen molar-refractivity contribution in [1.82, 2.24) is 4.90 Å². The topological polar surface area (TPSA) is 37.4 Å². The Morgan fingerprint density at radius 3 is 1.88 bits per heavy atom. The van der Waals surface area contributed by atoms with Gasteiger partial charge in [-0.05, 0) is 20.1 Å². The number of imide groups is 1. The lowest BCUT2D eigenvalue weighted by atomic mass is 10.3. The summed E-state index contributed by atoms with van der Waals surface area (Å²) in [7, 11) is 0. The predicted octanol–water partition coefficient (Wildman–Crippen LogP) is 2.48. The lowest BCUT2D eigenvalue weighted by molar-refractivity contribution is -0.138. The lowest BCUT2D eigenvalue weighted by Crippen LogP contribution is -2.37. The zero-order valence-electron chi connectivity index (χ0n) is 10.2. The average Bonchev–Trinajstić information content (AvgIpc) is 2.37. The molecule has 1 heterocycles. The van der Waals surface area contributed by atoms with E-state index < -0.39 is 0 Å². The number of nitrogens with zero attached hydrogens (tertiary/aromatic N) is 1. The van der Waals surface area contributed by atoms with Crippen LogP contribution in [0, 0.1) is 0 Å². The highest BCUT2D eigenvalue weighted by Crippen LogP contribution is 2.37. The second-order valence-corrected chi connectivity index (χ2v) is 6.51. The number of hydrogen-bond acceptors (Lipinski definition) is 4. The lowest BCUT2D eigenvalue weighted by Gasteiger charge is -2.19. The van der Waals surface area contributed by atoms with Gasteiger partial charge in [-0.25, -0.2) is 0 Å². The van der Waals surface area contributed by atoms with Crippen molar-refractivity contribution < 1.29 is 9.59 Å². The summed E-state index contributed by atoms with van der Waals surface area (Å²) in [5.41, 5.74) is 0. The van der Waals surface area contributed by atoms with E-state index in [0.717, 1.165) is 0 Å². The van der Waals surface area contributed by atoms with Gasteiger partial charge in [0.1, 0.15) is 0 Å².